The molecule has 0 aliphatic rings. The van der Waals surface area contributed by atoms with Gasteiger partial charge in [-0.15, -0.1) is 0 Å². The molecule has 0 radical (unpaired) electrons. The second kappa shape index (κ2) is 3.60. The molecule has 2 aromatic rings. The fourth-order valence-corrected chi connectivity index (χ4v) is 1.37. The summed E-state index contributed by atoms with van der Waals surface area (Å²) in [5.41, 5.74) is 7.33. The Morgan fingerprint density at radius 2 is 2.40 bits per heavy atom. The Bertz CT molecular complexity index is 442. The van der Waals surface area contributed by atoms with E-state index in [1.807, 2.05) is 14.0 Å². The summed E-state index contributed by atoms with van der Waals surface area (Å²) < 4.78 is 1.71. The van der Waals surface area contributed by atoms with Gasteiger partial charge in [-0.2, -0.15) is 10.2 Å². The zero-order valence-corrected chi connectivity index (χ0v) is 8.65. The first kappa shape index (κ1) is 9.50. The fourth-order valence-electron chi connectivity index (χ4n) is 1.37. The van der Waals surface area contributed by atoms with Crippen LogP contribution in [0.5, 0.6) is 0 Å². The Labute approximate surface area is 86.7 Å². The SMILES string of the molecule is Cc1nn(C)c(NCc2ncn[nH]2)c1N. The van der Waals surface area contributed by atoms with Crippen LogP contribution in [0.2, 0.25) is 0 Å². The monoisotopic (exact) mass is 207 g/mol. The van der Waals surface area contributed by atoms with Crippen molar-refractivity contribution in [2.75, 3.05) is 11.1 Å². The third-order valence-corrected chi connectivity index (χ3v) is 2.16. The molecular formula is C8H13N7. The highest BCUT2D eigenvalue weighted by molar-refractivity contribution is 5.64. The molecule has 4 N–H and O–H groups in total. The molecule has 2 heterocycles. The van der Waals surface area contributed by atoms with Crippen molar-refractivity contribution >= 4 is 11.5 Å². The van der Waals surface area contributed by atoms with Crippen molar-refractivity contribution in [3.63, 3.8) is 0 Å². The van der Waals surface area contributed by atoms with E-state index in [9.17, 15) is 0 Å². The quantitative estimate of drug-likeness (QED) is 0.660. The molecule has 7 heteroatoms. The van der Waals surface area contributed by atoms with Gasteiger partial charge in [-0.25, -0.2) is 4.98 Å². The molecule has 0 aromatic carbocycles. The van der Waals surface area contributed by atoms with Gasteiger partial charge >= 0.3 is 0 Å². The summed E-state index contributed by atoms with van der Waals surface area (Å²) in [6, 6.07) is 0. The molecule has 0 aliphatic carbocycles. The zero-order chi connectivity index (χ0) is 10.8. The number of hydrogen-bond acceptors (Lipinski definition) is 5. The Hall–Kier alpha value is -2.05. The summed E-state index contributed by atoms with van der Waals surface area (Å²) in [6.07, 6.45) is 1.47. The number of nitrogens with two attached hydrogens (primary N) is 1. The Kier molecular flexibility index (Phi) is 2.28. The maximum Gasteiger partial charge on any atom is 0.148 e. The van der Waals surface area contributed by atoms with Gasteiger partial charge < -0.3 is 11.1 Å². The van der Waals surface area contributed by atoms with Crippen LogP contribution in [-0.4, -0.2) is 25.0 Å². The standard InChI is InChI=1S/C8H13N7/c1-5-7(9)8(15(2)14-5)10-3-6-11-4-12-13-6/h4,10H,3,9H2,1-2H3,(H,11,12,13). The number of aromatic nitrogens is 5. The van der Waals surface area contributed by atoms with E-state index in [-0.39, 0.29) is 0 Å². The van der Waals surface area contributed by atoms with E-state index in [4.69, 9.17) is 5.73 Å². The summed E-state index contributed by atoms with van der Waals surface area (Å²) in [7, 11) is 1.84. The van der Waals surface area contributed by atoms with Crippen molar-refractivity contribution < 1.29 is 0 Å². The van der Waals surface area contributed by atoms with Gasteiger partial charge in [0.05, 0.1) is 17.9 Å². The number of aryl methyl sites for hydroxylation is 2. The lowest BCUT2D eigenvalue weighted by Gasteiger charge is -2.05. The van der Waals surface area contributed by atoms with Crippen LogP contribution in [0.4, 0.5) is 11.5 Å². The van der Waals surface area contributed by atoms with Crippen LogP contribution in [0, 0.1) is 6.92 Å². The number of nitrogens with zero attached hydrogens (tertiary/aromatic N) is 4. The van der Waals surface area contributed by atoms with Crippen LogP contribution in [0.3, 0.4) is 0 Å². The van der Waals surface area contributed by atoms with Crippen LogP contribution >= 0.6 is 0 Å². The molecule has 0 saturated carbocycles. The van der Waals surface area contributed by atoms with E-state index in [1.165, 1.54) is 6.33 Å². The maximum absolute atomic E-state index is 5.85. The summed E-state index contributed by atoms with van der Waals surface area (Å²) in [5, 5.41) is 13.9. The van der Waals surface area contributed by atoms with Crippen molar-refractivity contribution in [1.82, 2.24) is 25.0 Å². The number of nitrogen functional groups attached to an aromatic ring is 1. The molecule has 2 aromatic heterocycles. The largest absolute Gasteiger partial charge is 0.394 e. The van der Waals surface area contributed by atoms with Crippen molar-refractivity contribution in [3.8, 4) is 0 Å². The van der Waals surface area contributed by atoms with Crippen molar-refractivity contribution in [2.45, 2.75) is 13.5 Å². The van der Waals surface area contributed by atoms with E-state index in [0.29, 0.717) is 12.2 Å². The van der Waals surface area contributed by atoms with Crippen molar-refractivity contribution in [1.29, 1.82) is 0 Å². The maximum atomic E-state index is 5.85. The first-order valence-electron chi connectivity index (χ1n) is 4.55. The summed E-state index contributed by atoms with van der Waals surface area (Å²) >= 11 is 0. The van der Waals surface area contributed by atoms with Gasteiger partial charge in [0.1, 0.15) is 18.0 Å². The fraction of sp³-hybridized carbons (Fsp3) is 0.375. The average Bonchev–Trinajstić information content (AvgIpc) is 2.76. The highest BCUT2D eigenvalue weighted by Gasteiger charge is 2.09. The van der Waals surface area contributed by atoms with Crippen LogP contribution in [0.25, 0.3) is 0 Å². The van der Waals surface area contributed by atoms with Crippen LogP contribution < -0.4 is 11.1 Å². The molecule has 7 nitrogen and oxygen atoms in total. The van der Waals surface area contributed by atoms with E-state index in [1.54, 1.807) is 4.68 Å². The van der Waals surface area contributed by atoms with Crippen molar-refractivity contribution in [2.24, 2.45) is 7.05 Å². The van der Waals surface area contributed by atoms with E-state index < -0.39 is 0 Å². The molecule has 0 bridgehead atoms. The van der Waals surface area contributed by atoms with Gasteiger partial charge in [-0.1, -0.05) is 0 Å². The zero-order valence-electron chi connectivity index (χ0n) is 8.65. The minimum atomic E-state index is 0.545. The lowest BCUT2D eigenvalue weighted by Crippen LogP contribution is -2.07. The first-order valence-corrected chi connectivity index (χ1v) is 4.55. The summed E-state index contributed by atoms with van der Waals surface area (Å²) in [4.78, 5) is 4.00. The van der Waals surface area contributed by atoms with Crippen LogP contribution in [0.1, 0.15) is 11.5 Å². The predicted molar refractivity (Wildman–Crippen MR) is 56.1 cm³/mol. The third kappa shape index (κ3) is 1.76. The van der Waals surface area contributed by atoms with Crippen molar-refractivity contribution in [3.05, 3.63) is 17.8 Å². The highest BCUT2D eigenvalue weighted by atomic mass is 15.3. The number of H-pyrrole nitrogens is 1. The molecule has 0 aliphatic heterocycles. The van der Waals surface area contributed by atoms with Gasteiger partial charge in [-0.05, 0) is 6.92 Å². The van der Waals surface area contributed by atoms with Gasteiger partial charge in [0, 0.05) is 7.05 Å². The third-order valence-electron chi connectivity index (χ3n) is 2.16. The molecule has 15 heavy (non-hydrogen) atoms. The second-order valence-electron chi connectivity index (χ2n) is 3.26. The lowest BCUT2D eigenvalue weighted by molar-refractivity contribution is 0.755. The molecule has 0 amide bonds. The van der Waals surface area contributed by atoms with E-state index in [0.717, 1.165) is 17.3 Å². The summed E-state index contributed by atoms with van der Waals surface area (Å²) in [5.74, 6) is 1.55. The molecule has 0 saturated heterocycles. The normalized spacial score (nSPS) is 10.5. The number of nitrogens with one attached hydrogen (secondary N) is 2. The molecule has 80 valence electrons. The first-order chi connectivity index (χ1) is 7.18. The predicted octanol–water partition coefficient (Wildman–Crippen LogP) is 0.0409. The second-order valence-corrected chi connectivity index (χ2v) is 3.26. The number of aromatic amines is 1. The lowest BCUT2D eigenvalue weighted by atomic mass is 10.4. The molecule has 0 unspecified atom stereocenters. The van der Waals surface area contributed by atoms with E-state index >= 15 is 0 Å². The topological polar surface area (TPSA) is 97.4 Å². The van der Waals surface area contributed by atoms with Crippen LogP contribution in [0.15, 0.2) is 6.33 Å². The van der Waals surface area contributed by atoms with Gasteiger partial charge in [0.15, 0.2) is 0 Å². The Morgan fingerprint density at radius 3 is 2.93 bits per heavy atom. The number of rotatable bonds is 3. The Morgan fingerprint density at radius 1 is 1.60 bits per heavy atom. The molecule has 0 fully saturated rings. The molecule has 2 rings (SSSR count). The summed E-state index contributed by atoms with van der Waals surface area (Å²) in [6.45, 7) is 2.41. The average molecular weight is 207 g/mol. The molecule has 0 spiro atoms. The highest BCUT2D eigenvalue weighted by Crippen LogP contribution is 2.20. The smallest absolute Gasteiger partial charge is 0.148 e. The van der Waals surface area contributed by atoms with Gasteiger partial charge in [0.25, 0.3) is 0 Å². The van der Waals surface area contributed by atoms with Gasteiger partial charge in [-0.3, -0.25) is 9.78 Å². The van der Waals surface area contributed by atoms with Crippen LogP contribution in [-0.2, 0) is 13.6 Å². The number of anilines is 2. The molecular weight excluding hydrogens is 194 g/mol. The van der Waals surface area contributed by atoms with E-state index in [2.05, 4.69) is 25.6 Å². The minimum Gasteiger partial charge on any atom is -0.394 e. The molecule has 0 atom stereocenters. The number of hydrogen-bond donors (Lipinski definition) is 3. The minimum absolute atomic E-state index is 0.545. The Balaban J connectivity index is 2.11. The van der Waals surface area contributed by atoms with Gasteiger partial charge in [0.2, 0.25) is 0 Å².